The lowest BCUT2D eigenvalue weighted by Crippen LogP contribution is -2.35. The van der Waals surface area contributed by atoms with Gasteiger partial charge in [-0.25, -0.2) is 0 Å². The molecule has 1 N–H and O–H groups in total. The molecule has 0 unspecified atom stereocenters. The number of halogens is 1. The molecule has 42 heavy (non-hydrogen) atoms. The summed E-state index contributed by atoms with van der Waals surface area (Å²) in [6, 6.07) is 16.6. The third kappa shape index (κ3) is 6.25. The van der Waals surface area contributed by atoms with Gasteiger partial charge in [0, 0.05) is 32.0 Å². The summed E-state index contributed by atoms with van der Waals surface area (Å²) in [4.78, 5) is 43.0. The number of benzene rings is 2. The third-order valence-corrected chi connectivity index (χ3v) is 8.35. The molecule has 2 amide bonds. The predicted molar refractivity (Wildman–Crippen MR) is 170 cm³/mol. The summed E-state index contributed by atoms with van der Waals surface area (Å²) in [5.74, 6) is -0.414. The van der Waals surface area contributed by atoms with Crippen molar-refractivity contribution >= 4 is 85.0 Å². The quantitative estimate of drug-likeness (QED) is 0.139. The topological polar surface area (TPSA) is 93.1 Å². The van der Waals surface area contributed by atoms with Gasteiger partial charge >= 0.3 is 5.97 Å². The zero-order valence-electron chi connectivity index (χ0n) is 22.8. The van der Waals surface area contributed by atoms with Crippen molar-refractivity contribution in [2.24, 2.45) is 0 Å². The van der Waals surface area contributed by atoms with Gasteiger partial charge in [-0.05, 0) is 79.1 Å². The largest absolute Gasteiger partial charge is 0.494 e. The van der Waals surface area contributed by atoms with Crippen LogP contribution in [0.4, 0.5) is 5.69 Å². The van der Waals surface area contributed by atoms with E-state index in [-0.39, 0.29) is 29.8 Å². The fourth-order valence-electron chi connectivity index (χ4n) is 4.61. The van der Waals surface area contributed by atoms with Gasteiger partial charge in [0.2, 0.25) is 5.91 Å². The minimum atomic E-state index is -0.544. The molecule has 216 valence electrons. The van der Waals surface area contributed by atoms with Crippen molar-refractivity contribution in [2.75, 3.05) is 25.2 Å². The number of nitrogens with one attached hydrogen (secondary N) is 1. The third-order valence-electron chi connectivity index (χ3n) is 6.58. The van der Waals surface area contributed by atoms with Crippen molar-refractivity contribution in [1.29, 1.82) is 0 Å². The van der Waals surface area contributed by atoms with E-state index in [1.807, 2.05) is 53.4 Å². The Balaban J connectivity index is 1.51. The zero-order valence-corrected chi connectivity index (χ0v) is 26.1. The first kappa shape index (κ1) is 29.5. The summed E-state index contributed by atoms with van der Waals surface area (Å²) >= 11 is 10.8. The van der Waals surface area contributed by atoms with Crippen molar-refractivity contribution in [3.63, 3.8) is 0 Å². The SMILES string of the molecule is CCOc1ccc(N2C(=O)/C(=C/c3cn(CC(=O)NCc4cccs4)c4ccc(Br)cc34)N(CC(=O)OC)C2=S)cc1. The maximum absolute atomic E-state index is 13.9. The fourth-order valence-corrected chi connectivity index (χ4v) is 5.97. The van der Waals surface area contributed by atoms with Crippen LogP contribution in [0.5, 0.6) is 5.75 Å². The van der Waals surface area contributed by atoms with Crippen LogP contribution in [-0.4, -0.2) is 52.6 Å². The van der Waals surface area contributed by atoms with Crippen LogP contribution in [0.1, 0.15) is 17.4 Å². The van der Waals surface area contributed by atoms with Crippen molar-refractivity contribution in [3.05, 3.63) is 86.8 Å². The molecule has 1 aliphatic heterocycles. The van der Waals surface area contributed by atoms with Gasteiger partial charge in [-0.2, -0.15) is 0 Å². The fraction of sp³-hybridized carbons (Fsp3) is 0.200. The number of aromatic nitrogens is 1. The highest BCUT2D eigenvalue weighted by Crippen LogP contribution is 2.33. The van der Waals surface area contributed by atoms with Crippen molar-refractivity contribution in [1.82, 2.24) is 14.8 Å². The molecule has 0 radical (unpaired) electrons. The lowest BCUT2D eigenvalue weighted by molar-refractivity contribution is -0.140. The molecule has 1 aliphatic rings. The highest BCUT2D eigenvalue weighted by Gasteiger charge is 2.40. The van der Waals surface area contributed by atoms with Gasteiger partial charge in [-0.1, -0.05) is 22.0 Å². The Morgan fingerprint density at radius 3 is 2.60 bits per heavy atom. The molecule has 9 nitrogen and oxygen atoms in total. The van der Waals surface area contributed by atoms with Crippen LogP contribution < -0.4 is 15.0 Å². The number of esters is 1. The highest BCUT2D eigenvalue weighted by atomic mass is 79.9. The molecule has 1 fully saturated rings. The average Bonchev–Trinajstić information content (AvgIpc) is 3.67. The summed E-state index contributed by atoms with van der Waals surface area (Å²) in [5, 5.41) is 5.89. The maximum atomic E-state index is 13.9. The number of carbonyl (C=O) groups is 3. The lowest BCUT2D eigenvalue weighted by atomic mass is 10.1. The van der Waals surface area contributed by atoms with E-state index in [4.69, 9.17) is 21.7 Å². The van der Waals surface area contributed by atoms with E-state index >= 15 is 0 Å². The van der Waals surface area contributed by atoms with Crippen molar-refractivity contribution < 1.29 is 23.9 Å². The van der Waals surface area contributed by atoms with E-state index in [1.165, 1.54) is 16.9 Å². The summed E-state index contributed by atoms with van der Waals surface area (Å²) < 4.78 is 13.1. The smallest absolute Gasteiger partial charge is 0.325 e. The van der Waals surface area contributed by atoms with E-state index in [0.717, 1.165) is 20.3 Å². The molecule has 12 heteroatoms. The molecule has 0 atom stereocenters. The molecule has 0 saturated carbocycles. The van der Waals surface area contributed by atoms with Crippen LogP contribution in [0.25, 0.3) is 17.0 Å². The van der Waals surface area contributed by atoms with Gasteiger partial charge in [-0.15, -0.1) is 11.3 Å². The second-order valence-electron chi connectivity index (χ2n) is 9.27. The van der Waals surface area contributed by atoms with Crippen LogP contribution in [0.2, 0.25) is 0 Å². The predicted octanol–water partition coefficient (Wildman–Crippen LogP) is 5.33. The van der Waals surface area contributed by atoms with E-state index in [0.29, 0.717) is 30.2 Å². The number of methoxy groups -OCH3 is 1. The average molecular weight is 668 g/mol. The first-order chi connectivity index (χ1) is 20.3. The van der Waals surface area contributed by atoms with Crippen molar-refractivity contribution in [3.8, 4) is 5.75 Å². The number of amides is 2. The summed E-state index contributed by atoms with van der Waals surface area (Å²) in [5.41, 5.74) is 2.25. The number of thiophene rings is 1. The number of fused-ring (bicyclic) bond motifs is 1. The second kappa shape index (κ2) is 12.9. The monoisotopic (exact) mass is 666 g/mol. The van der Waals surface area contributed by atoms with Gasteiger partial charge in [0.25, 0.3) is 5.91 Å². The van der Waals surface area contributed by atoms with Gasteiger partial charge in [0.1, 0.15) is 24.5 Å². The van der Waals surface area contributed by atoms with Crippen molar-refractivity contribution in [2.45, 2.75) is 20.0 Å². The first-order valence-corrected chi connectivity index (χ1v) is 15.1. The number of nitrogens with zero attached hydrogens (tertiary/aromatic N) is 3. The normalized spacial score (nSPS) is 14.2. The number of anilines is 1. The molecule has 2 aromatic heterocycles. The van der Waals surface area contributed by atoms with E-state index in [2.05, 4.69) is 21.2 Å². The minimum absolute atomic E-state index is 0.0865. The minimum Gasteiger partial charge on any atom is -0.494 e. The number of hydrogen-bond acceptors (Lipinski definition) is 7. The number of hydrogen-bond donors (Lipinski definition) is 1. The molecular weight excluding hydrogens is 640 g/mol. The molecule has 5 rings (SSSR count). The van der Waals surface area contributed by atoms with E-state index in [9.17, 15) is 14.4 Å². The number of carbonyl (C=O) groups excluding carboxylic acids is 3. The molecule has 1 saturated heterocycles. The standard InChI is InChI=1S/C30H27BrN4O5S2/c1-3-40-22-9-7-21(8-10-22)35-29(38)26(34(30(35)41)18-28(37)39-2)13-19-16-33(25-11-6-20(31)14-24(19)25)17-27(36)32-15-23-5-4-12-42-23/h4-14,16H,3,15,17-18H2,1-2H3,(H,32,36)/b26-13-. The summed E-state index contributed by atoms with van der Waals surface area (Å²) in [7, 11) is 1.28. The van der Waals surface area contributed by atoms with Gasteiger partial charge < -0.3 is 24.3 Å². The summed E-state index contributed by atoms with van der Waals surface area (Å²) in [6.45, 7) is 2.70. The Bertz CT molecular complexity index is 1680. The Labute approximate surface area is 260 Å². The van der Waals surface area contributed by atoms with Gasteiger partial charge in [-0.3, -0.25) is 19.3 Å². The number of thiocarbonyl (C=S) groups is 1. The first-order valence-electron chi connectivity index (χ1n) is 13.0. The lowest BCUT2D eigenvalue weighted by Gasteiger charge is -2.19. The molecule has 3 heterocycles. The molecule has 4 aromatic rings. The van der Waals surface area contributed by atoms with E-state index < -0.39 is 11.9 Å². The van der Waals surface area contributed by atoms with Crippen LogP contribution in [0, 0.1) is 0 Å². The molecular formula is C30H27BrN4O5S2. The number of ether oxygens (including phenoxy) is 2. The Hall–Kier alpha value is -4.00. The van der Waals surface area contributed by atoms with Gasteiger partial charge in [0.05, 0.1) is 25.9 Å². The van der Waals surface area contributed by atoms with Crippen LogP contribution in [0.15, 0.2) is 76.3 Å². The molecule has 2 aromatic carbocycles. The van der Waals surface area contributed by atoms with Crippen LogP contribution in [-0.2, 0) is 32.2 Å². The Kier molecular flexibility index (Phi) is 9.05. The highest BCUT2D eigenvalue weighted by molar-refractivity contribution is 9.10. The van der Waals surface area contributed by atoms with Crippen LogP contribution >= 0.6 is 39.5 Å². The Morgan fingerprint density at radius 1 is 1.12 bits per heavy atom. The molecule has 0 spiro atoms. The Morgan fingerprint density at radius 2 is 1.90 bits per heavy atom. The van der Waals surface area contributed by atoms with E-state index in [1.54, 1.807) is 41.7 Å². The number of rotatable bonds is 10. The van der Waals surface area contributed by atoms with Crippen LogP contribution in [0.3, 0.4) is 0 Å². The second-order valence-corrected chi connectivity index (χ2v) is 11.6. The van der Waals surface area contributed by atoms with Gasteiger partial charge in [0.15, 0.2) is 5.11 Å². The molecule has 0 aliphatic carbocycles. The summed E-state index contributed by atoms with van der Waals surface area (Å²) in [6.07, 6.45) is 3.52. The zero-order chi connectivity index (χ0) is 29.8. The molecule has 0 bridgehead atoms. The maximum Gasteiger partial charge on any atom is 0.325 e.